The second kappa shape index (κ2) is 9.08. The lowest BCUT2D eigenvalue weighted by molar-refractivity contribution is -0.136. The molecule has 2 heterocycles. The predicted molar refractivity (Wildman–Crippen MR) is 127 cm³/mol. The topological polar surface area (TPSA) is 106 Å². The minimum atomic E-state index is -3.73. The van der Waals surface area contributed by atoms with Gasteiger partial charge in [0.1, 0.15) is 5.75 Å². The number of fused-ring (bicyclic) bond motifs is 1. The number of benzene rings is 2. The quantitative estimate of drug-likeness (QED) is 0.514. The van der Waals surface area contributed by atoms with E-state index in [0.29, 0.717) is 41.2 Å². The van der Waals surface area contributed by atoms with Crippen molar-refractivity contribution in [2.75, 3.05) is 19.7 Å². The summed E-state index contributed by atoms with van der Waals surface area (Å²) in [5.41, 5.74) is 2.28. The highest BCUT2D eigenvalue weighted by Crippen LogP contribution is 2.36. The maximum absolute atomic E-state index is 13.3. The average Bonchev–Trinajstić information content (AvgIpc) is 3.34. The van der Waals surface area contributed by atoms with Crippen molar-refractivity contribution >= 4 is 32.6 Å². The molecule has 0 spiro atoms. The van der Waals surface area contributed by atoms with E-state index in [-0.39, 0.29) is 29.8 Å². The van der Waals surface area contributed by atoms with Gasteiger partial charge in [0.05, 0.1) is 41.7 Å². The molecule has 0 unspecified atom stereocenters. The van der Waals surface area contributed by atoms with Gasteiger partial charge in [-0.1, -0.05) is 6.92 Å². The smallest absolute Gasteiger partial charge is 0.309 e. The largest absolute Gasteiger partial charge is 0.494 e. The number of rotatable bonds is 7. The molecule has 1 aliphatic rings. The fourth-order valence-corrected chi connectivity index (χ4v) is 5.99. The van der Waals surface area contributed by atoms with Crippen molar-refractivity contribution < 1.29 is 23.1 Å². The number of carboxylic acids is 1. The number of sulfonamides is 1. The molecule has 2 atom stereocenters. The molecule has 1 aliphatic heterocycles. The van der Waals surface area contributed by atoms with E-state index in [9.17, 15) is 18.3 Å². The summed E-state index contributed by atoms with van der Waals surface area (Å²) < 4.78 is 35.2. The third-order valence-corrected chi connectivity index (χ3v) is 8.01. The first-order valence-corrected chi connectivity index (χ1v) is 12.4. The molecular weight excluding hydrogens is 456 g/mol. The Kier molecular flexibility index (Phi) is 6.34. The number of ether oxygens (including phenoxy) is 1. The van der Waals surface area contributed by atoms with Crippen LogP contribution in [0.2, 0.25) is 0 Å². The summed E-state index contributed by atoms with van der Waals surface area (Å²) >= 11 is 0. The van der Waals surface area contributed by atoms with Crippen LogP contribution in [0, 0.1) is 19.4 Å². The number of nitrogens with zero attached hydrogens (tertiary/aromatic N) is 4. The van der Waals surface area contributed by atoms with Crippen LogP contribution < -0.4 is 4.74 Å². The molecule has 34 heavy (non-hydrogen) atoms. The molecule has 10 heteroatoms. The summed E-state index contributed by atoms with van der Waals surface area (Å²) in [5.74, 6) is -0.466. The van der Waals surface area contributed by atoms with Crippen molar-refractivity contribution in [3.05, 3.63) is 59.1 Å². The molecule has 178 valence electrons. The van der Waals surface area contributed by atoms with Crippen LogP contribution in [0.25, 0.3) is 15.7 Å². The summed E-state index contributed by atoms with van der Waals surface area (Å²) in [5, 5.41) is 14.6. The SMILES string of the molecule is [C-]#[N+]c1cc2c(CC(=O)O)nn([C@H]3CN(S(=O)(=O)c4ccc(OCC)cc4)C[C@H]3C)c2cc1C. The van der Waals surface area contributed by atoms with Gasteiger partial charge in [-0.25, -0.2) is 13.3 Å². The summed E-state index contributed by atoms with van der Waals surface area (Å²) in [4.78, 5) is 15.1. The van der Waals surface area contributed by atoms with Crippen LogP contribution in [0.3, 0.4) is 0 Å². The summed E-state index contributed by atoms with van der Waals surface area (Å²) in [6.45, 7) is 14.1. The Balaban J connectivity index is 1.70. The van der Waals surface area contributed by atoms with E-state index in [4.69, 9.17) is 11.3 Å². The first-order chi connectivity index (χ1) is 16.1. The van der Waals surface area contributed by atoms with E-state index in [1.54, 1.807) is 35.0 Å². The molecule has 1 N–H and O–H groups in total. The van der Waals surface area contributed by atoms with Crippen LogP contribution in [0.1, 0.15) is 31.1 Å². The number of hydrogen-bond donors (Lipinski definition) is 1. The van der Waals surface area contributed by atoms with Gasteiger partial charge in [0.25, 0.3) is 0 Å². The molecule has 4 rings (SSSR count). The van der Waals surface area contributed by atoms with Crippen molar-refractivity contribution in [2.45, 2.75) is 38.1 Å². The predicted octanol–water partition coefficient (Wildman–Crippen LogP) is 3.80. The Morgan fingerprint density at radius 1 is 1.26 bits per heavy atom. The van der Waals surface area contributed by atoms with Crippen molar-refractivity contribution in [3.8, 4) is 5.75 Å². The number of hydrogen-bond acceptors (Lipinski definition) is 5. The van der Waals surface area contributed by atoms with Crippen molar-refractivity contribution in [1.82, 2.24) is 14.1 Å². The van der Waals surface area contributed by atoms with Crippen molar-refractivity contribution in [2.24, 2.45) is 5.92 Å². The Bertz CT molecular complexity index is 1390. The van der Waals surface area contributed by atoms with Crippen LogP contribution in [0.15, 0.2) is 41.3 Å². The molecule has 1 aromatic heterocycles. The zero-order chi connectivity index (χ0) is 24.6. The second-order valence-electron chi connectivity index (χ2n) is 8.50. The molecule has 9 nitrogen and oxygen atoms in total. The molecule has 0 bridgehead atoms. The lowest BCUT2D eigenvalue weighted by Gasteiger charge is -2.18. The van der Waals surface area contributed by atoms with Gasteiger partial charge in [0.2, 0.25) is 10.0 Å². The molecular formula is C24H26N4O5S. The van der Waals surface area contributed by atoms with Gasteiger partial charge in [-0.3, -0.25) is 9.48 Å². The molecule has 2 aromatic carbocycles. The standard InChI is InChI=1S/C24H26N4O5S/c1-5-33-17-6-8-18(9-7-17)34(31,32)27-13-16(3)23(14-27)28-22-10-15(2)20(25-4)11-19(22)21(26-28)12-24(29)30/h6-11,16,23H,5,12-14H2,1-3H3,(H,29,30)/t16-,23+/m1/s1. The highest BCUT2D eigenvalue weighted by atomic mass is 32.2. The first-order valence-electron chi connectivity index (χ1n) is 11.0. The van der Waals surface area contributed by atoms with Crippen LogP contribution in [0.5, 0.6) is 5.75 Å². The van der Waals surface area contributed by atoms with Gasteiger partial charge in [-0.15, -0.1) is 0 Å². The number of carbonyl (C=O) groups is 1. The molecule has 0 aliphatic carbocycles. The zero-order valence-corrected chi connectivity index (χ0v) is 20.0. The number of carboxylic acid groups (broad SMARTS) is 1. The van der Waals surface area contributed by atoms with Gasteiger partial charge in [-0.2, -0.15) is 9.40 Å². The Morgan fingerprint density at radius 2 is 1.97 bits per heavy atom. The van der Waals surface area contributed by atoms with E-state index >= 15 is 0 Å². The van der Waals surface area contributed by atoms with E-state index in [0.717, 1.165) is 5.56 Å². The Morgan fingerprint density at radius 3 is 2.59 bits per heavy atom. The van der Waals surface area contributed by atoms with Crippen LogP contribution in [-0.4, -0.2) is 53.3 Å². The van der Waals surface area contributed by atoms with Gasteiger partial charge < -0.3 is 9.84 Å². The highest BCUT2D eigenvalue weighted by molar-refractivity contribution is 7.89. The average molecular weight is 483 g/mol. The van der Waals surface area contributed by atoms with E-state index in [1.165, 1.54) is 4.31 Å². The number of aryl methyl sites for hydroxylation is 1. The van der Waals surface area contributed by atoms with Crippen molar-refractivity contribution in [1.29, 1.82) is 0 Å². The van der Waals surface area contributed by atoms with Gasteiger partial charge in [0.15, 0.2) is 5.69 Å². The van der Waals surface area contributed by atoms with Gasteiger partial charge >= 0.3 is 5.97 Å². The molecule has 1 saturated heterocycles. The minimum Gasteiger partial charge on any atom is -0.494 e. The molecule has 0 radical (unpaired) electrons. The fourth-order valence-electron chi connectivity index (χ4n) is 4.43. The molecule has 0 amide bonds. The second-order valence-corrected chi connectivity index (χ2v) is 10.4. The normalized spacial score (nSPS) is 18.8. The zero-order valence-electron chi connectivity index (χ0n) is 19.2. The third kappa shape index (κ3) is 4.24. The highest BCUT2D eigenvalue weighted by Gasteiger charge is 2.39. The monoisotopic (exact) mass is 482 g/mol. The maximum atomic E-state index is 13.3. The van der Waals surface area contributed by atoms with Crippen molar-refractivity contribution in [3.63, 3.8) is 0 Å². The fraction of sp³-hybridized carbons (Fsp3) is 0.375. The maximum Gasteiger partial charge on any atom is 0.309 e. The first kappa shape index (κ1) is 23.7. The van der Waals surface area contributed by atoms with Crippen LogP contribution in [-0.2, 0) is 21.2 Å². The van der Waals surface area contributed by atoms with E-state index in [1.807, 2.05) is 26.8 Å². The lowest BCUT2D eigenvalue weighted by Crippen LogP contribution is -2.29. The van der Waals surface area contributed by atoms with Gasteiger partial charge in [0, 0.05) is 18.5 Å². The number of aliphatic carboxylic acids is 1. The summed E-state index contributed by atoms with van der Waals surface area (Å²) in [6, 6.07) is 9.60. The minimum absolute atomic E-state index is 0.0564. The summed E-state index contributed by atoms with van der Waals surface area (Å²) in [7, 11) is -3.73. The Hall–Kier alpha value is -3.42. The van der Waals surface area contributed by atoms with E-state index in [2.05, 4.69) is 9.94 Å². The molecule has 0 saturated carbocycles. The molecule has 3 aromatic rings. The van der Waals surface area contributed by atoms with Crippen LogP contribution in [0.4, 0.5) is 5.69 Å². The summed E-state index contributed by atoms with van der Waals surface area (Å²) in [6.07, 6.45) is -0.278. The van der Waals surface area contributed by atoms with Crippen LogP contribution >= 0.6 is 0 Å². The third-order valence-electron chi connectivity index (χ3n) is 6.17. The lowest BCUT2D eigenvalue weighted by atomic mass is 10.1. The van der Waals surface area contributed by atoms with Gasteiger partial charge in [-0.05, 0) is 61.7 Å². The molecule has 1 fully saturated rings. The Labute approximate surface area is 198 Å². The van der Waals surface area contributed by atoms with E-state index < -0.39 is 16.0 Å². The number of aromatic nitrogens is 2.